The molecule has 1 aromatic heterocycles. The summed E-state index contributed by atoms with van der Waals surface area (Å²) in [5, 5.41) is 2.71. The minimum atomic E-state index is -0.364. The number of carbonyl (C=O) groups excluding carboxylic acids is 2. The lowest BCUT2D eigenvalue weighted by Gasteiger charge is -2.14. The number of aromatic nitrogens is 1. The van der Waals surface area contributed by atoms with Gasteiger partial charge >= 0.3 is 5.97 Å². The van der Waals surface area contributed by atoms with E-state index in [0.717, 1.165) is 28.4 Å². The van der Waals surface area contributed by atoms with Crippen molar-refractivity contribution in [1.82, 2.24) is 4.98 Å². The molecule has 0 radical (unpaired) electrons. The van der Waals surface area contributed by atoms with Crippen molar-refractivity contribution in [2.75, 3.05) is 11.4 Å². The number of thiazole rings is 1. The number of hydrogen-bond acceptors (Lipinski definition) is 5. The average Bonchev–Trinajstić information content (AvgIpc) is 3.09. The van der Waals surface area contributed by atoms with Gasteiger partial charge in [-0.3, -0.25) is 4.79 Å². The van der Waals surface area contributed by atoms with Gasteiger partial charge in [0.25, 0.3) is 0 Å². The lowest BCUT2D eigenvalue weighted by atomic mass is 10.1. The van der Waals surface area contributed by atoms with Gasteiger partial charge in [0.1, 0.15) is 11.6 Å². The molecule has 0 spiro atoms. The van der Waals surface area contributed by atoms with Gasteiger partial charge in [-0.1, -0.05) is 0 Å². The fourth-order valence-electron chi connectivity index (χ4n) is 2.54. The van der Waals surface area contributed by atoms with Gasteiger partial charge < -0.3 is 9.64 Å². The van der Waals surface area contributed by atoms with Crippen LogP contribution in [-0.4, -0.2) is 23.4 Å². The van der Waals surface area contributed by atoms with Crippen LogP contribution < -0.4 is 4.90 Å². The predicted octanol–water partition coefficient (Wildman–Crippen LogP) is 2.72. The van der Waals surface area contributed by atoms with Crippen LogP contribution in [0.4, 0.5) is 5.69 Å². The van der Waals surface area contributed by atoms with Gasteiger partial charge in [-0.05, 0) is 37.1 Å². The minimum absolute atomic E-state index is 0.0215. The minimum Gasteiger partial charge on any atom is -0.455 e. The van der Waals surface area contributed by atoms with E-state index < -0.39 is 0 Å². The molecule has 22 heavy (non-hydrogen) atoms. The first kappa shape index (κ1) is 14.7. The van der Waals surface area contributed by atoms with Gasteiger partial charge in [0.15, 0.2) is 0 Å². The number of ether oxygens (including phenoxy) is 1. The Morgan fingerprint density at radius 2 is 2.23 bits per heavy atom. The summed E-state index contributed by atoms with van der Waals surface area (Å²) >= 11 is 1.48. The molecule has 0 atom stereocenters. The molecular formula is C16H16N2O3S. The van der Waals surface area contributed by atoms with E-state index in [1.807, 2.05) is 24.4 Å². The van der Waals surface area contributed by atoms with E-state index in [1.165, 1.54) is 11.3 Å². The molecule has 3 rings (SSSR count). The molecule has 1 aromatic carbocycles. The van der Waals surface area contributed by atoms with Crippen molar-refractivity contribution in [3.8, 4) is 0 Å². The molecule has 0 aliphatic carbocycles. The Hall–Kier alpha value is -2.21. The highest BCUT2D eigenvalue weighted by atomic mass is 32.1. The summed E-state index contributed by atoms with van der Waals surface area (Å²) in [7, 11) is 0. The molecule has 1 amide bonds. The van der Waals surface area contributed by atoms with Gasteiger partial charge in [0.2, 0.25) is 5.91 Å². The molecule has 6 heteroatoms. The third-order valence-corrected chi connectivity index (χ3v) is 4.52. The second kappa shape index (κ2) is 5.88. The molecule has 2 heterocycles. The lowest BCUT2D eigenvalue weighted by Crippen LogP contribution is -2.25. The number of fused-ring (bicyclic) bond motifs is 1. The zero-order valence-electron chi connectivity index (χ0n) is 12.5. The van der Waals surface area contributed by atoms with Crippen LogP contribution in [0.2, 0.25) is 0 Å². The van der Waals surface area contributed by atoms with Crippen molar-refractivity contribution < 1.29 is 14.3 Å². The van der Waals surface area contributed by atoms with Crippen molar-refractivity contribution in [2.45, 2.75) is 26.9 Å². The smallest absolute Gasteiger partial charge is 0.338 e. The van der Waals surface area contributed by atoms with Crippen LogP contribution in [0, 0.1) is 6.92 Å². The number of benzene rings is 1. The maximum absolute atomic E-state index is 12.1. The number of esters is 1. The van der Waals surface area contributed by atoms with Gasteiger partial charge in [-0.15, -0.1) is 11.3 Å². The fraction of sp³-hybridized carbons (Fsp3) is 0.312. The van der Waals surface area contributed by atoms with Crippen LogP contribution in [-0.2, 0) is 22.6 Å². The van der Waals surface area contributed by atoms with Crippen molar-refractivity contribution >= 4 is 28.9 Å². The average molecular weight is 316 g/mol. The maximum atomic E-state index is 12.1. The topological polar surface area (TPSA) is 59.5 Å². The van der Waals surface area contributed by atoms with E-state index in [2.05, 4.69) is 4.98 Å². The Labute approximate surface area is 132 Å². The molecule has 0 saturated heterocycles. The molecule has 1 aliphatic rings. The summed E-state index contributed by atoms with van der Waals surface area (Å²) in [6, 6.07) is 5.33. The Balaban J connectivity index is 1.70. The fourth-order valence-corrected chi connectivity index (χ4v) is 3.22. The highest BCUT2D eigenvalue weighted by molar-refractivity contribution is 7.09. The van der Waals surface area contributed by atoms with E-state index in [0.29, 0.717) is 12.1 Å². The second-order valence-corrected chi connectivity index (χ2v) is 6.17. The van der Waals surface area contributed by atoms with Crippen LogP contribution in [0.5, 0.6) is 0 Å². The molecule has 114 valence electrons. The summed E-state index contributed by atoms with van der Waals surface area (Å²) in [5.41, 5.74) is 3.34. The SMILES string of the molecule is CC(=O)N1CCc2cc(C(=O)OCc3nc(C)cs3)ccc21. The molecule has 1 aliphatic heterocycles. The standard InChI is InChI=1S/C16H16N2O3S/c1-10-9-22-15(17-10)8-21-16(20)13-3-4-14-12(7-13)5-6-18(14)11(2)19/h3-4,7,9H,5-6,8H2,1-2H3. The molecule has 0 bridgehead atoms. The van der Waals surface area contributed by atoms with E-state index >= 15 is 0 Å². The van der Waals surface area contributed by atoms with Crippen LogP contribution in [0.3, 0.4) is 0 Å². The van der Waals surface area contributed by atoms with Gasteiger partial charge in [-0.2, -0.15) is 0 Å². The van der Waals surface area contributed by atoms with Crippen molar-refractivity contribution in [3.05, 3.63) is 45.4 Å². The predicted molar refractivity (Wildman–Crippen MR) is 84.1 cm³/mol. The summed E-state index contributed by atoms with van der Waals surface area (Å²) in [5.74, 6) is -0.342. The Kier molecular flexibility index (Phi) is 3.94. The van der Waals surface area contributed by atoms with E-state index in [4.69, 9.17) is 4.74 Å². The van der Waals surface area contributed by atoms with Gasteiger partial charge in [-0.25, -0.2) is 9.78 Å². The summed E-state index contributed by atoms with van der Waals surface area (Å²) in [4.78, 5) is 29.6. The molecule has 0 fully saturated rings. The summed E-state index contributed by atoms with van der Waals surface area (Å²) in [6.07, 6.45) is 0.766. The normalized spacial score (nSPS) is 13.1. The van der Waals surface area contributed by atoms with Crippen LogP contribution in [0.25, 0.3) is 0 Å². The quantitative estimate of drug-likeness (QED) is 0.817. The monoisotopic (exact) mass is 316 g/mol. The van der Waals surface area contributed by atoms with Crippen molar-refractivity contribution in [3.63, 3.8) is 0 Å². The number of hydrogen-bond donors (Lipinski definition) is 0. The van der Waals surface area contributed by atoms with E-state index in [1.54, 1.807) is 17.9 Å². The van der Waals surface area contributed by atoms with E-state index in [9.17, 15) is 9.59 Å². The number of nitrogens with zero attached hydrogens (tertiary/aromatic N) is 2. The van der Waals surface area contributed by atoms with Crippen molar-refractivity contribution in [1.29, 1.82) is 0 Å². The highest BCUT2D eigenvalue weighted by Crippen LogP contribution is 2.29. The van der Waals surface area contributed by atoms with Crippen LogP contribution in [0.1, 0.15) is 33.5 Å². The molecule has 0 unspecified atom stereocenters. The van der Waals surface area contributed by atoms with Gasteiger partial charge in [0.05, 0.1) is 5.56 Å². The number of rotatable bonds is 3. The largest absolute Gasteiger partial charge is 0.455 e. The molecule has 0 N–H and O–H groups in total. The first-order chi connectivity index (χ1) is 10.5. The first-order valence-electron chi connectivity index (χ1n) is 7.04. The van der Waals surface area contributed by atoms with E-state index in [-0.39, 0.29) is 18.5 Å². The first-order valence-corrected chi connectivity index (χ1v) is 7.91. The second-order valence-electron chi connectivity index (χ2n) is 5.22. The molecule has 2 aromatic rings. The van der Waals surface area contributed by atoms with Crippen LogP contribution >= 0.6 is 11.3 Å². The molecule has 0 saturated carbocycles. The number of carbonyl (C=O) groups is 2. The highest BCUT2D eigenvalue weighted by Gasteiger charge is 2.23. The zero-order valence-corrected chi connectivity index (χ0v) is 13.3. The Bertz CT molecular complexity index is 739. The molecular weight excluding hydrogens is 300 g/mol. The number of aryl methyl sites for hydroxylation is 1. The summed E-state index contributed by atoms with van der Waals surface area (Å²) in [6.45, 7) is 4.31. The number of amides is 1. The zero-order chi connectivity index (χ0) is 15.7. The molecule has 5 nitrogen and oxygen atoms in total. The Morgan fingerprint density at radius 3 is 2.91 bits per heavy atom. The van der Waals surface area contributed by atoms with Crippen LogP contribution in [0.15, 0.2) is 23.6 Å². The maximum Gasteiger partial charge on any atom is 0.338 e. The summed E-state index contributed by atoms with van der Waals surface area (Å²) < 4.78 is 5.29. The third-order valence-electron chi connectivity index (χ3n) is 3.58. The van der Waals surface area contributed by atoms with Crippen molar-refractivity contribution in [2.24, 2.45) is 0 Å². The Morgan fingerprint density at radius 1 is 1.41 bits per heavy atom. The lowest BCUT2D eigenvalue weighted by molar-refractivity contribution is -0.116. The number of anilines is 1. The van der Waals surface area contributed by atoms with Gasteiger partial charge in [0, 0.05) is 30.2 Å². The third kappa shape index (κ3) is 2.87.